The summed E-state index contributed by atoms with van der Waals surface area (Å²) in [4.78, 5) is 17.8. The zero-order valence-corrected chi connectivity index (χ0v) is 14.7. The lowest BCUT2D eigenvalue weighted by Crippen LogP contribution is -2.43. The Labute approximate surface area is 151 Å². The molecule has 3 heterocycles. The van der Waals surface area contributed by atoms with E-state index < -0.39 is 0 Å². The third-order valence-electron chi connectivity index (χ3n) is 4.88. The molecule has 1 aromatic carbocycles. The fourth-order valence-electron chi connectivity index (χ4n) is 3.46. The highest BCUT2D eigenvalue weighted by atomic mass is 16.6. The molecule has 0 atom stereocenters. The van der Waals surface area contributed by atoms with Crippen molar-refractivity contribution in [3.05, 3.63) is 64.0 Å². The number of nitrogens with one attached hydrogen (secondary N) is 1. The molecular formula is C19H21N5O2. The number of imidazole rings is 1. The Morgan fingerprint density at radius 2 is 1.92 bits per heavy atom. The lowest BCUT2D eigenvalue weighted by molar-refractivity contribution is -0.384. The minimum Gasteiger partial charge on any atom is -0.314 e. The lowest BCUT2D eigenvalue weighted by atomic mass is 10.1. The van der Waals surface area contributed by atoms with E-state index in [1.807, 2.05) is 12.3 Å². The Kier molecular flexibility index (Phi) is 4.40. The minimum absolute atomic E-state index is 0.0948. The molecule has 0 radical (unpaired) electrons. The van der Waals surface area contributed by atoms with Gasteiger partial charge in [-0.1, -0.05) is 6.07 Å². The van der Waals surface area contributed by atoms with Crippen molar-refractivity contribution in [1.82, 2.24) is 19.6 Å². The smallest absolute Gasteiger partial charge is 0.269 e. The summed E-state index contributed by atoms with van der Waals surface area (Å²) in [5.41, 5.74) is 5.07. The maximum Gasteiger partial charge on any atom is 0.269 e. The van der Waals surface area contributed by atoms with Crippen molar-refractivity contribution in [1.29, 1.82) is 0 Å². The summed E-state index contributed by atoms with van der Waals surface area (Å²) in [5, 5.41) is 14.3. The van der Waals surface area contributed by atoms with Crippen molar-refractivity contribution in [2.24, 2.45) is 0 Å². The van der Waals surface area contributed by atoms with Gasteiger partial charge in [0.1, 0.15) is 5.65 Å². The third-order valence-corrected chi connectivity index (χ3v) is 4.88. The molecule has 1 fully saturated rings. The van der Waals surface area contributed by atoms with E-state index in [-0.39, 0.29) is 10.6 Å². The van der Waals surface area contributed by atoms with Crippen LogP contribution >= 0.6 is 0 Å². The van der Waals surface area contributed by atoms with Gasteiger partial charge in [-0.05, 0) is 30.7 Å². The number of pyridine rings is 1. The zero-order valence-electron chi connectivity index (χ0n) is 14.7. The molecule has 1 aliphatic heterocycles. The van der Waals surface area contributed by atoms with E-state index in [4.69, 9.17) is 4.98 Å². The second-order valence-corrected chi connectivity index (χ2v) is 6.62. The van der Waals surface area contributed by atoms with E-state index in [0.717, 1.165) is 60.9 Å². The van der Waals surface area contributed by atoms with Gasteiger partial charge in [0.25, 0.3) is 5.69 Å². The molecule has 3 aromatic rings. The number of rotatable bonds is 4. The van der Waals surface area contributed by atoms with Gasteiger partial charge < -0.3 is 9.72 Å². The maximum absolute atomic E-state index is 10.9. The van der Waals surface area contributed by atoms with Crippen LogP contribution in [0.5, 0.6) is 0 Å². The number of aromatic nitrogens is 2. The molecule has 0 aliphatic carbocycles. The number of hydrogen-bond acceptors (Lipinski definition) is 5. The fourth-order valence-corrected chi connectivity index (χ4v) is 3.46. The maximum atomic E-state index is 10.9. The number of benzene rings is 1. The van der Waals surface area contributed by atoms with Crippen LogP contribution in [-0.2, 0) is 6.54 Å². The summed E-state index contributed by atoms with van der Waals surface area (Å²) >= 11 is 0. The first-order chi connectivity index (χ1) is 12.6. The van der Waals surface area contributed by atoms with E-state index in [2.05, 4.69) is 27.6 Å². The van der Waals surface area contributed by atoms with Gasteiger partial charge in [-0.2, -0.15) is 0 Å². The van der Waals surface area contributed by atoms with Gasteiger partial charge in [0.05, 0.1) is 16.3 Å². The molecule has 7 nitrogen and oxygen atoms in total. The predicted molar refractivity (Wildman–Crippen MR) is 100 cm³/mol. The molecule has 0 unspecified atom stereocenters. The Hall–Kier alpha value is -2.77. The van der Waals surface area contributed by atoms with E-state index in [0.29, 0.717) is 0 Å². The van der Waals surface area contributed by atoms with Crippen molar-refractivity contribution >= 4 is 11.3 Å². The molecule has 4 rings (SSSR count). The first kappa shape index (κ1) is 16.7. The summed E-state index contributed by atoms with van der Waals surface area (Å²) in [7, 11) is 0. The number of hydrogen-bond donors (Lipinski definition) is 1. The number of aryl methyl sites for hydroxylation is 1. The highest BCUT2D eigenvalue weighted by Gasteiger charge is 2.19. The molecule has 2 aromatic heterocycles. The molecule has 1 aliphatic rings. The number of nitrogens with zero attached hydrogens (tertiary/aromatic N) is 4. The average Bonchev–Trinajstić information content (AvgIpc) is 3.03. The lowest BCUT2D eigenvalue weighted by Gasteiger charge is -2.27. The largest absolute Gasteiger partial charge is 0.314 e. The van der Waals surface area contributed by atoms with Crippen LogP contribution in [0.25, 0.3) is 16.9 Å². The number of piperazine rings is 1. The first-order valence-electron chi connectivity index (χ1n) is 8.78. The van der Waals surface area contributed by atoms with Crippen molar-refractivity contribution < 1.29 is 4.92 Å². The van der Waals surface area contributed by atoms with Crippen molar-refractivity contribution in [3.63, 3.8) is 0 Å². The van der Waals surface area contributed by atoms with Crippen LogP contribution in [0.3, 0.4) is 0 Å². The van der Waals surface area contributed by atoms with Gasteiger partial charge in [-0.25, -0.2) is 4.98 Å². The topological polar surface area (TPSA) is 75.7 Å². The minimum atomic E-state index is -0.376. The van der Waals surface area contributed by atoms with Crippen molar-refractivity contribution in [2.45, 2.75) is 13.5 Å². The second-order valence-electron chi connectivity index (χ2n) is 6.62. The van der Waals surface area contributed by atoms with Gasteiger partial charge in [0.2, 0.25) is 0 Å². The summed E-state index contributed by atoms with van der Waals surface area (Å²) in [6, 6.07) is 10.7. The van der Waals surface area contributed by atoms with Gasteiger partial charge in [0.15, 0.2) is 0 Å². The number of nitro benzene ring substituents is 1. The van der Waals surface area contributed by atoms with Crippen LogP contribution in [0.15, 0.2) is 42.6 Å². The SMILES string of the molecule is Cc1cccn2c(CN3CCNCC3)c(-c3ccc([N+](=O)[O-])cc3)nc12. The Bertz CT molecular complexity index is 942. The molecule has 0 saturated carbocycles. The van der Waals surface area contributed by atoms with Crippen LogP contribution in [0.2, 0.25) is 0 Å². The van der Waals surface area contributed by atoms with E-state index in [9.17, 15) is 10.1 Å². The summed E-state index contributed by atoms with van der Waals surface area (Å²) in [5.74, 6) is 0. The van der Waals surface area contributed by atoms with Gasteiger partial charge in [0, 0.05) is 56.6 Å². The van der Waals surface area contributed by atoms with Crippen LogP contribution in [-0.4, -0.2) is 45.4 Å². The number of nitro groups is 1. The molecule has 0 bridgehead atoms. The molecule has 134 valence electrons. The van der Waals surface area contributed by atoms with Crippen LogP contribution < -0.4 is 5.32 Å². The standard InChI is InChI=1S/C19H21N5O2/c1-14-3-2-10-23-17(13-22-11-8-20-9-12-22)18(21-19(14)23)15-4-6-16(7-5-15)24(25)26/h2-7,10,20H,8-9,11-13H2,1H3. The average molecular weight is 351 g/mol. The first-order valence-corrected chi connectivity index (χ1v) is 8.78. The zero-order chi connectivity index (χ0) is 18.1. The monoisotopic (exact) mass is 351 g/mol. The van der Waals surface area contributed by atoms with E-state index in [1.165, 1.54) is 0 Å². The molecule has 26 heavy (non-hydrogen) atoms. The molecular weight excluding hydrogens is 330 g/mol. The molecule has 7 heteroatoms. The molecule has 1 N–H and O–H groups in total. The highest BCUT2D eigenvalue weighted by Crippen LogP contribution is 2.28. The van der Waals surface area contributed by atoms with Crippen LogP contribution in [0.4, 0.5) is 5.69 Å². The third kappa shape index (κ3) is 3.07. The second kappa shape index (κ2) is 6.86. The highest BCUT2D eigenvalue weighted by molar-refractivity contribution is 5.68. The summed E-state index contributed by atoms with van der Waals surface area (Å²) < 4.78 is 2.15. The predicted octanol–water partition coefficient (Wildman–Crippen LogP) is 2.62. The number of non-ortho nitro benzene ring substituents is 1. The molecule has 0 amide bonds. The summed E-state index contributed by atoms with van der Waals surface area (Å²) in [6.45, 7) is 6.83. The Morgan fingerprint density at radius 1 is 1.19 bits per heavy atom. The van der Waals surface area contributed by atoms with Crippen molar-refractivity contribution in [2.75, 3.05) is 26.2 Å². The molecule has 0 spiro atoms. The van der Waals surface area contributed by atoms with Crippen LogP contribution in [0.1, 0.15) is 11.3 Å². The van der Waals surface area contributed by atoms with Gasteiger partial charge in [-0.3, -0.25) is 15.0 Å². The Balaban J connectivity index is 1.80. The summed E-state index contributed by atoms with van der Waals surface area (Å²) in [6.07, 6.45) is 2.04. The number of fused-ring (bicyclic) bond motifs is 1. The van der Waals surface area contributed by atoms with Crippen molar-refractivity contribution in [3.8, 4) is 11.3 Å². The quantitative estimate of drug-likeness (QED) is 0.578. The van der Waals surface area contributed by atoms with Crippen LogP contribution in [0, 0.1) is 17.0 Å². The van der Waals surface area contributed by atoms with E-state index in [1.54, 1.807) is 24.3 Å². The van der Waals surface area contributed by atoms with Gasteiger partial charge in [-0.15, -0.1) is 0 Å². The van der Waals surface area contributed by atoms with E-state index >= 15 is 0 Å². The normalized spacial score (nSPS) is 15.4. The Morgan fingerprint density at radius 3 is 2.62 bits per heavy atom. The molecule has 1 saturated heterocycles. The van der Waals surface area contributed by atoms with Gasteiger partial charge >= 0.3 is 0 Å². The fraction of sp³-hybridized carbons (Fsp3) is 0.316.